The van der Waals surface area contributed by atoms with Crippen LogP contribution in [0.1, 0.15) is 23.0 Å². The average molecular weight is 228 g/mol. The number of hydrogen-bond acceptors (Lipinski definition) is 1. The molecular weight excluding hydrogens is 212 g/mol. The fourth-order valence-electron chi connectivity index (χ4n) is 1.83. The maximum atomic E-state index is 12.0. The molecule has 3 heteroatoms. The normalized spacial score (nSPS) is 10.2. The summed E-state index contributed by atoms with van der Waals surface area (Å²) in [6.07, 6.45) is 2.77. The molecule has 1 N–H and O–H groups in total. The van der Waals surface area contributed by atoms with E-state index in [-0.39, 0.29) is 5.91 Å². The highest BCUT2D eigenvalue weighted by molar-refractivity contribution is 6.03. The number of aryl methyl sites for hydroxylation is 2. The Morgan fingerprint density at radius 1 is 1.24 bits per heavy atom. The quantitative estimate of drug-likeness (QED) is 0.861. The van der Waals surface area contributed by atoms with Gasteiger partial charge in [0.1, 0.15) is 5.69 Å². The number of para-hydroxylation sites is 1. The minimum Gasteiger partial charge on any atom is -0.347 e. The standard InChI is InChI=1S/C14H16N2O/c1-3-11-7-4-5-8-12(11)15-14(17)13-9-6-10-16(13)2/h4-10H,3H2,1-2H3,(H,15,17). The summed E-state index contributed by atoms with van der Waals surface area (Å²) >= 11 is 0. The maximum Gasteiger partial charge on any atom is 0.272 e. The summed E-state index contributed by atoms with van der Waals surface area (Å²) in [6, 6.07) is 11.5. The van der Waals surface area contributed by atoms with Crippen molar-refractivity contribution in [2.45, 2.75) is 13.3 Å². The maximum absolute atomic E-state index is 12.0. The van der Waals surface area contributed by atoms with Gasteiger partial charge in [0, 0.05) is 18.9 Å². The second-order valence-corrected chi connectivity index (χ2v) is 3.97. The molecule has 0 aliphatic heterocycles. The summed E-state index contributed by atoms with van der Waals surface area (Å²) in [5.41, 5.74) is 2.70. The molecule has 0 saturated carbocycles. The lowest BCUT2D eigenvalue weighted by molar-refractivity contribution is 0.101. The predicted molar refractivity (Wildman–Crippen MR) is 69.2 cm³/mol. The lowest BCUT2D eigenvalue weighted by atomic mass is 10.1. The molecule has 2 rings (SSSR count). The van der Waals surface area contributed by atoms with E-state index in [4.69, 9.17) is 0 Å². The second-order valence-electron chi connectivity index (χ2n) is 3.97. The van der Waals surface area contributed by atoms with E-state index in [1.807, 2.05) is 54.2 Å². The summed E-state index contributed by atoms with van der Waals surface area (Å²) in [7, 11) is 1.86. The number of aromatic nitrogens is 1. The molecule has 0 aliphatic carbocycles. The largest absolute Gasteiger partial charge is 0.347 e. The van der Waals surface area contributed by atoms with Crippen molar-refractivity contribution in [3.05, 3.63) is 53.9 Å². The Balaban J connectivity index is 2.22. The summed E-state index contributed by atoms with van der Waals surface area (Å²) < 4.78 is 1.81. The van der Waals surface area contributed by atoms with Crippen LogP contribution in [0.15, 0.2) is 42.6 Å². The van der Waals surface area contributed by atoms with Crippen LogP contribution in [0.3, 0.4) is 0 Å². The van der Waals surface area contributed by atoms with Crippen molar-refractivity contribution < 1.29 is 4.79 Å². The number of amides is 1. The van der Waals surface area contributed by atoms with Gasteiger partial charge in [0.2, 0.25) is 0 Å². The first kappa shape index (κ1) is 11.5. The summed E-state index contributed by atoms with van der Waals surface area (Å²) in [4.78, 5) is 12.0. The molecule has 0 radical (unpaired) electrons. The van der Waals surface area contributed by atoms with E-state index < -0.39 is 0 Å². The van der Waals surface area contributed by atoms with Crippen LogP contribution >= 0.6 is 0 Å². The minimum absolute atomic E-state index is 0.0709. The predicted octanol–water partition coefficient (Wildman–Crippen LogP) is 2.84. The van der Waals surface area contributed by atoms with Crippen molar-refractivity contribution in [1.82, 2.24) is 4.57 Å². The molecule has 1 aromatic carbocycles. The third kappa shape index (κ3) is 2.38. The van der Waals surface area contributed by atoms with Crippen molar-refractivity contribution in [2.24, 2.45) is 7.05 Å². The number of nitrogens with one attached hydrogen (secondary N) is 1. The van der Waals surface area contributed by atoms with Crippen LogP contribution < -0.4 is 5.32 Å². The molecule has 0 aliphatic rings. The van der Waals surface area contributed by atoms with Gasteiger partial charge in [-0.05, 0) is 30.2 Å². The highest BCUT2D eigenvalue weighted by Gasteiger charge is 2.10. The van der Waals surface area contributed by atoms with Crippen LogP contribution in [0.2, 0.25) is 0 Å². The zero-order valence-electron chi connectivity index (χ0n) is 10.1. The Kier molecular flexibility index (Phi) is 3.28. The van der Waals surface area contributed by atoms with Crippen LogP contribution in [-0.2, 0) is 13.5 Å². The zero-order valence-corrected chi connectivity index (χ0v) is 10.1. The molecular formula is C14H16N2O. The van der Waals surface area contributed by atoms with E-state index in [1.165, 1.54) is 0 Å². The average Bonchev–Trinajstić information content (AvgIpc) is 2.76. The van der Waals surface area contributed by atoms with Gasteiger partial charge in [0.05, 0.1) is 0 Å². The van der Waals surface area contributed by atoms with E-state index in [2.05, 4.69) is 12.2 Å². The molecule has 0 bridgehead atoms. The molecule has 1 heterocycles. The fourth-order valence-corrected chi connectivity index (χ4v) is 1.83. The first-order valence-corrected chi connectivity index (χ1v) is 5.73. The summed E-state index contributed by atoms with van der Waals surface area (Å²) in [5.74, 6) is -0.0709. The van der Waals surface area contributed by atoms with Gasteiger partial charge in [-0.2, -0.15) is 0 Å². The van der Waals surface area contributed by atoms with Gasteiger partial charge >= 0.3 is 0 Å². The van der Waals surface area contributed by atoms with Crippen LogP contribution in [0, 0.1) is 0 Å². The van der Waals surface area contributed by atoms with E-state index in [1.54, 1.807) is 0 Å². The van der Waals surface area contributed by atoms with Gasteiger partial charge in [0.25, 0.3) is 5.91 Å². The number of carbonyl (C=O) groups excluding carboxylic acids is 1. The van der Waals surface area contributed by atoms with Crippen molar-refractivity contribution in [1.29, 1.82) is 0 Å². The first-order chi connectivity index (χ1) is 8.22. The molecule has 1 amide bonds. The molecule has 0 fully saturated rings. The van der Waals surface area contributed by atoms with Gasteiger partial charge in [-0.3, -0.25) is 4.79 Å². The van der Waals surface area contributed by atoms with Crippen LogP contribution in [0.5, 0.6) is 0 Å². The molecule has 0 spiro atoms. The van der Waals surface area contributed by atoms with Gasteiger partial charge in [-0.1, -0.05) is 25.1 Å². The Morgan fingerprint density at radius 3 is 2.65 bits per heavy atom. The third-order valence-electron chi connectivity index (χ3n) is 2.82. The smallest absolute Gasteiger partial charge is 0.272 e. The SMILES string of the molecule is CCc1ccccc1NC(=O)c1cccn1C. The van der Waals surface area contributed by atoms with Crippen molar-refractivity contribution >= 4 is 11.6 Å². The van der Waals surface area contributed by atoms with E-state index >= 15 is 0 Å². The number of rotatable bonds is 3. The zero-order chi connectivity index (χ0) is 12.3. The second kappa shape index (κ2) is 4.87. The van der Waals surface area contributed by atoms with E-state index in [9.17, 15) is 4.79 Å². The van der Waals surface area contributed by atoms with E-state index in [0.717, 1.165) is 17.7 Å². The van der Waals surface area contributed by atoms with Crippen LogP contribution in [0.4, 0.5) is 5.69 Å². The number of anilines is 1. The first-order valence-electron chi connectivity index (χ1n) is 5.73. The number of carbonyl (C=O) groups is 1. The Bertz CT molecular complexity index is 529. The molecule has 0 saturated heterocycles. The minimum atomic E-state index is -0.0709. The molecule has 0 atom stereocenters. The van der Waals surface area contributed by atoms with Gasteiger partial charge in [-0.25, -0.2) is 0 Å². The highest BCUT2D eigenvalue weighted by atomic mass is 16.1. The molecule has 3 nitrogen and oxygen atoms in total. The monoisotopic (exact) mass is 228 g/mol. The van der Waals surface area contributed by atoms with Crippen molar-refractivity contribution in [2.75, 3.05) is 5.32 Å². The molecule has 0 unspecified atom stereocenters. The Hall–Kier alpha value is -2.03. The Labute approximate surface area is 101 Å². The number of nitrogens with zero attached hydrogens (tertiary/aromatic N) is 1. The lowest BCUT2D eigenvalue weighted by Gasteiger charge is -2.09. The van der Waals surface area contributed by atoms with Gasteiger partial charge in [0.15, 0.2) is 0 Å². The Morgan fingerprint density at radius 2 is 2.00 bits per heavy atom. The van der Waals surface area contributed by atoms with Gasteiger partial charge < -0.3 is 9.88 Å². The van der Waals surface area contributed by atoms with Crippen molar-refractivity contribution in [3.8, 4) is 0 Å². The number of benzene rings is 1. The molecule has 1 aromatic heterocycles. The third-order valence-corrected chi connectivity index (χ3v) is 2.82. The van der Waals surface area contributed by atoms with Crippen LogP contribution in [0.25, 0.3) is 0 Å². The highest BCUT2D eigenvalue weighted by Crippen LogP contribution is 2.16. The molecule has 17 heavy (non-hydrogen) atoms. The van der Waals surface area contributed by atoms with Crippen molar-refractivity contribution in [3.63, 3.8) is 0 Å². The van der Waals surface area contributed by atoms with Gasteiger partial charge in [-0.15, -0.1) is 0 Å². The fraction of sp³-hybridized carbons (Fsp3) is 0.214. The molecule has 88 valence electrons. The molecule has 2 aromatic rings. The summed E-state index contributed by atoms with van der Waals surface area (Å²) in [5, 5.41) is 2.94. The topological polar surface area (TPSA) is 34.0 Å². The number of hydrogen-bond donors (Lipinski definition) is 1. The lowest BCUT2D eigenvalue weighted by Crippen LogP contribution is -2.16. The van der Waals surface area contributed by atoms with Crippen LogP contribution in [-0.4, -0.2) is 10.5 Å². The summed E-state index contributed by atoms with van der Waals surface area (Å²) in [6.45, 7) is 2.08. The van der Waals surface area contributed by atoms with E-state index in [0.29, 0.717) is 5.69 Å².